The van der Waals surface area contributed by atoms with Crippen molar-refractivity contribution in [2.75, 3.05) is 25.7 Å². The summed E-state index contributed by atoms with van der Waals surface area (Å²) in [6, 6.07) is 14.3. The zero-order chi connectivity index (χ0) is 24.9. The Bertz CT molecular complexity index is 1070. The molecule has 0 saturated heterocycles. The van der Waals surface area contributed by atoms with Gasteiger partial charge in [-0.2, -0.15) is 0 Å². The molecule has 0 bridgehead atoms. The molecule has 186 valence electrons. The maximum Gasteiger partial charge on any atom is 0.328 e. The number of guanidine groups is 1. The summed E-state index contributed by atoms with van der Waals surface area (Å²) in [6.45, 7) is 4.75. The van der Waals surface area contributed by atoms with E-state index < -0.39 is 12.0 Å². The van der Waals surface area contributed by atoms with Gasteiger partial charge in [-0.15, -0.1) is 0 Å². The summed E-state index contributed by atoms with van der Waals surface area (Å²) >= 11 is 6.04. The predicted molar refractivity (Wildman–Crippen MR) is 135 cm³/mol. The Morgan fingerprint density at radius 2 is 1.83 bits per heavy atom. The van der Waals surface area contributed by atoms with Crippen molar-refractivity contribution in [3.05, 3.63) is 59.1 Å². The number of methoxy groups -OCH3 is 1. The van der Waals surface area contributed by atoms with E-state index in [1.807, 2.05) is 43.3 Å². The van der Waals surface area contributed by atoms with Gasteiger partial charge < -0.3 is 19.7 Å². The van der Waals surface area contributed by atoms with Crippen LogP contribution in [0, 0.1) is 11.8 Å². The van der Waals surface area contributed by atoms with Crippen LogP contribution in [0.25, 0.3) is 0 Å². The molecule has 9 heteroatoms. The van der Waals surface area contributed by atoms with E-state index in [1.165, 1.54) is 20.0 Å². The Kier molecular flexibility index (Phi) is 7.80. The van der Waals surface area contributed by atoms with Crippen LogP contribution in [-0.4, -0.2) is 54.2 Å². The molecule has 2 aliphatic rings. The molecule has 35 heavy (non-hydrogen) atoms. The second kappa shape index (κ2) is 11.0. The van der Waals surface area contributed by atoms with Crippen LogP contribution < -0.4 is 10.1 Å². The quantitative estimate of drug-likeness (QED) is 0.492. The van der Waals surface area contributed by atoms with Crippen LogP contribution in [0.1, 0.15) is 32.3 Å². The van der Waals surface area contributed by atoms with Gasteiger partial charge >= 0.3 is 12.0 Å². The number of hydrogen-bond donors (Lipinski definition) is 1. The molecule has 4 rings (SSSR count). The van der Waals surface area contributed by atoms with Crippen molar-refractivity contribution in [3.8, 4) is 5.75 Å². The number of urea groups is 1. The van der Waals surface area contributed by atoms with Crippen LogP contribution in [0.15, 0.2) is 53.5 Å². The van der Waals surface area contributed by atoms with Gasteiger partial charge in [0.05, 0.1) is 26.2 Å². The number of carbonyl (C=O) groups excluding carboxylic acids is 2. The summed E-state index contributed by atoms with van der Waals surface area (Å²) in [5, 5.41) is 3.90. The molecule has 1 fully saturated rings. The first-order valence-corrected chi connectivity index (χ1v) is 12.2. The summed E-state index contributed by atoms with van der Waals surface area (Å²) in [5.74, 6) is 1.08. The van der Waals surface area contributed by atoms with E-state index in [4.69, 9.17) is 21.1 Å². The number of rotatable bonds is 9. The number of carbonyl (C=O) groups is 2. The molecule has 0 aromatic heterocycles. The van der Waals surface area contributed by atoms with E-state index in [9.17, 15) is 9.59 Å². The van der Waals surface area contributed by atoms with Crippen LogP contribution >= 0.6 is 11.6 Å². The van der Waals surface area contributed by atoms with Gasteiger partial charge in [-0.25, -0.2) is 9.79 Å². The van der Waals surface area contributed by atoms with Gasteiger partial charge in [0.25, 0.3) is 0 Å². The third kappa shape index (κ3) is 6.25. The van der Waals surface area contributed by atoms with E-state index in [-0.39, 0.29) is 18.7 Å². The highest BCUT2D eigenvalue weighted by Gasteiger charge is 2.36. The molecule has 2 atom stereocenters. The van der Waals surface area contributed by atoms with Crippen molar-refractivity contribution in [1.82, 2.24) is 9.80 Å². The van der Waals surface area contributed by atoms with E-state index in [2.05, 4.69) is 10.3 Å². The normalized spacial score (nSPS) is 17.5. The highest BCUT2D eigenvalue weighted by atomic mass is 35.5. The standard InChI is InChI=1S/C26H31ClN4O4/c1-17(24(32)34-3)18(2)31-16-28-25(30(26(31)33)14-19-6-8-21(27)9-7-19)29-22-10-12-23(13-11-22)35-15-20-4-5-20/h6-13,17-18,20H,4-5,14-16H2,1-3H3,(H,28,29)/t17-,18+/m1/s1. The van der Waals surface area contributed by atoms with Gasteiger partial charge in [-0.05, 0) is 74.6 Å². The minimum Gasteiger partial charge on any atom is -0.493 e. The summed E-state index contributed by atoms with van der Waals surface area (Å²) < 4.78 is 10.7. The molecule has 1 heterocycles. The smallest absolute Gasteiger partial charge is 0.328 e. The maximum atomic E-state index is 13.6. The van der Waals surface area contributed by atoms with Crippen molar-refractivity contribution in [2.45, 2.75) is 39.3 Å². The summed E-state index contributed by atoms with van der Waals surface area (Å²) in [6.07, 6.45) is 2.48. The first-order chi connectivity index (χ1) is 16.9. The van der Waals surface area contributed by atoms with Crippen molar-refractivity contribution in [3.63, 3.8) is 0 Å². The fourth-order valence-corrected chi connectivity index (χ4v) is 3.90. The molecule has 1 aliphatic carbocycles. The van der Waals surface area contributed by atoms with E-state index in [0.29, 0.717) is 23.4 Å². The predicted octanol–water partition coefficient (Wildman–Crippen LogP) is 4.99. The Labute approximate surface area is 210 Å². The van der Waals surface area contributed by atoms with Crippen LogP contribution in [0.4, 0.5) is 10.5 Å². The zero-order valence-corrected chi connectivity index (χ0v) is 21.0. The van der Waals surface area contributed by atoms with E-state index in [1.54, 1.807) is 28.9 Å². The van der Waals surface area contributed by atoms with Crippen molar-refractivity contribution in [1.29, 1.82) is 0 Å². The SMILES string of the molecule is COC(=O)[C@H](C)[C@H](C)N1CN=C(Nc2ccc(OCC3CC3)cc2)N(Cc2ccc(Cl)cc2)C1=O. The molecule has 8 nitrogen and oxygen atoms in total. The summed E-state index contributed by atoms with van der Waals surface area (Å²) in [7, 11) is 1.35. The fourth-order valence-electron chi connectivity index (χ4n) is 3.77. The monoisotopic (exact) mass is 498 g/mol. The first-order valence-electron chi connectivity index (χ1n) is 11.8. The second-order valence-corrected chi connectivity index (χ2v) is 9.48. The fraction of sp³-hybridized carbons (Fsp3) is 0.423. The lowest BCUT2D eigenvalue weighted by Gasteiger charge is -2.39. The maximum absolute atomic E-state index is 13.6. The highest BCUT2D eigenvalue weighted by molar-refractivity contribution is 6.30. The number of esters is 1. The molecule has 2 aromatic carbocycles. The third-order valence-corrected chi connectivity index (χ3v) is 6.69. The average Bonchev–Trinajstić information content (AvgIpc) is 3.70. The molecular weight excluding hydrogens is 468 g/mol. The summed E-state index contributed by atoms with van der Waals surface area (Å²) in [4.78, 5) is 33.5. The number of nitrogens with zero attached hydrogens (tertiary/aromatic N) is 3. The molecule has 2 amide bonds. The molecule has 1 N–H and O–H groups in total. The Hall–Kier alpha value is -3.26. The number of anilines is 1. The molecule has 0 spiro atoms. The second-order valence-electron chi connectivity index (χ2n) is 9.04. The minimum absolute atomic E-state index is 0.128. The van der Waals surface area contributed by atoms with Crippen molar-refractivity contribution >= 4 is 35.2 Å². The van der Waals surface area contributed by atoms with Gasteiger partial charge in [0.15, 0.2) is 0 Å². The number of nitrogens with one attached hydrogen (secondary N) is 1. The van der Waals surface area contributed by atoms with Gasteiger partial charge in [0, 0.05) is 16.8 Å². The molecule has 0 unspecified atom stereocenters. The largest absolute Gasteiger partial charge is 0.493 e. The van der Waals surface area contributed by atoms with Crippen molar-refractivity contribution in [2.24, 2.45) is 16.8 Å². The van der Waals surface area contributed by atoms with Gasteiger partial charge in [-0.1, -0.05) is 23.7 Å². The number of benzene rings is 2. The van der Waals surface area contributed by atoms with Crippen LogP contribution in [-0.2, 0) is 16.1 Å². The lowest BCUT2D eigenvalue weighted by atomic mass is 10.0. The zero-order valence-electron chi connectivity index (χ0n) is 20.2. The van der Waals surface area contributed by atoms with Gasteiger partial charge in [0.1, 0.15) is 12.4 Å². The number of amides is 2. The molecule has 0 radical (unpaired) electrons. The highest BCUT2D eigenvalue weighted by Crippen LogP contribution is 2.30. The average molecular weight is 499 g/mol. The number of aliphatic imine (C=N–C) groups is 1. The Balaban J connectivity index is 1.52. The lowest BCUT2D eigenvalue weighted by Crippen LogP contribution is -2.56. The van der Waals surface area contributed by atoms with E-state index in [0.717, 1.165) is 23.6 Å². The van der Waals surface area contributed by atoms with E-state index >= 15 is 0 Å². The minimum atomic E-state index is -0.491. The Morgan fingerprint density at radius 3 is 2.46 bits per heavy atom. The summed E-state index contributed by atoms with van der Waals surface area (Å²) in [5.41, 5.74) is 1.69. The van der Waals surface area contributed by atoms with Gasteiger partial charge in [-0.3, -0.25) is 9.69 Å². The third-order valence-electron chi connectivity index (χ3n) is 6.44. The molecular formula is C26H31ClN4O4. The first kappa shape index (κ1) is 24.9. The lowest BCUT2D eigenvalue weighted by molar-refractivity contribution is -0.146. The van der Waals surface area contributed by atoms with Crippen molar-refractivity contribution < 1.29 is 19.1 Å². The van der Waals surface area contributed by atoms with Crippen LogP contribution in [0.2, 0.25) is 5.02 Å². The number of halogens is 1. The molecule has 1 saturated carbocycles. The Morgan fingerprint density at radius 1 is 1.14 bits per heavy atom. The number of hydrogen-bond acceptors (Lipinski definition) is 6. The van der Waals surface area contributed by atoms with Gasteiger partial charge in [0.2, 0.25) is 5.96 Å². The van der Waals surface area contributed by atoms with Crippen LogP contribution in [0.5, 0.6) is 5.75 Å². The molecule has 1 aliphatic heterocycles. The van der Waals surface area contributed by atoms with Crippen LogP contribution in [0.3, 0.4) is 0 Å². The number of ether oxygens (including phenoxy) is 2. The topological polar surface area (TPSA) is 83.5 Å². The molecule has 2 aromatic rings.